The molecule has 0 N–H and O–H groups in total. The third kappa shape index (κ3) is 1.64. The van der Waals surface area contributed by atoms with E-state index in [0.717, 1.165) is 18.3 Å². The molecule has 1 aromatic rings. The van der Waals surface area contributed by atoms with Crippen molar-refractivity contribution in [2.45, 2.75) is 20.3 Å². The number of carbonyl (C=O) groups excluding carboxylic acids is 1. The Morgan fingerprint density at radius 1 is 1.67 bits per heavy atom. The molecule has 12 heavy (non-hydrogen) atoms. The van der Waals surface area contributed by atoms with Gasteiger partial charge in [0, 0.05) is 0 Å². The Bertz CT molecular complexity index is 281. The van der Waals surface area contributed by atoms with Gasteiger partial charge in [-0.2, -0.15) is 0 Å². The molecule has 0 aliphatic carbocycles. The minimum atomic E-state index is 0.657. The van der Waals surface area contributed by atoms with Crippen LogP contribution in [0.3, 0.4) is 0 Å². The zero-order chi connectivity index (χ0) is 8.97. The van der Waals surface area contributed by atoms with Crippen LogP contribution in [-0.2, 0) is 4.79 Å². The predicted molar refractivity (Wildman–Crippen MR) is 47.7 cm³/mol. The maximum atomic E-state index is 10.7. The number of carbonyl (C=O) groups is 1. The number of furan rings is 1. The van der Waals surface area contributed by atoms with E-state index in [4.69, 9.17) is 4.42 Å². The second-order valence-corrected chi connectivity index (χ2v) is 2.64. The molecular formula is C10H12O2. The van der Waals surface area contributed by atoms with Crippen molar-refractivity contribution < 1.29 is 9.21 Å². The average molecular weight is 164 g/mol. The van der Waals surface area contributed by atoms with Gasteiger partial charge in [0.05, 0.1) is 11.8 Å². The predicted octanol–water partition coefficient (Wildman–Crippen LogP) is 2.66. The molecule has 0 amide bonds. The number of rotatable bonds is 3. The lowest BCUT2D eigenvalue weighted by Crippen LogP contribution is -1.87. The lowest BCUT2D eigenvalue weighted by atomic mass is 10.1. The molecule has 1 heterocycles. The van der Waals surface area contributed by atoms with Crippen LogP contribution in [0, 0.1) is 0 Å². The summed E-state index contributed by atoms with van der Waals surface area (Å²) in [4.78, 5) is 10.7. The van der Waals surface area contributed by atoms with Crippen molar-refractivity contribution in [1.29, 1.82) is 0 Å². The molecule has 2 heteroatoms. The molecular weight excluding hydrogens is 152 g/mol. The van der Waals surface area contributed by atoms with Crippen molar-refractivity contribution in [2.24, 2.45) is 0 Å². The fourth-order valence-electron chi connectivity index (χ4n) is 0.991. The first-order chi connectivity index (χ1) is 5.79. The summed E-state index contributed by atoms with van der Waals surface area (Å²) in [5, 5.41) is 0. The third-order valence-corrected chi connectivity index (χ3v) is 1.89. The molecule has 0 aliphatic heterocycles. The van der Waals surface area contributed by atoms with E-state index in [1.165, 1.54) is 0 Å². The molecule has 0 fully saturated rings. The molecule has 0 aliphatic rings. The van der Waals surface area contributed by atoms with E-state index in [9.17, 15) is 4.79 Å². The van der Waals surface area contributed by atoms with Gasteiger partial charge in [0.2, 0.25) is 0 Å². The molecule has 0 unspecified atom stereocenters. The topological polar surface area (TPSA) is 30.2 Å². The first-order valence-electron chi connectivity index (χ1n) is 3.98. The molecule has 0 radical (unpaired) electrons. The fraction of sp³-hybridized carbons (Fsp3) is 0.300. The highest BCUT2D eigenvalue weighted by molar-refractivity contribution is 6.06. The normalized spacial score (nSPS) is 12.5. The molecule has 64 valence electrons. The van der Waals surface area contributed by atoms with E-state index in [2.05, 4.69) is 0 Å². The second-order valence-electron chi connectivity index (χ2n) is 2.64. The van der Waals surface area contributed by atoms with E-state index in [1.807, 2.05) is 13.8 Å². The second kappa shape index (κ2) is 3.90. The Morgan fingerprint density at radius 3 is 2.83 bits per heavy atom. The van der Waals surface area contributed by atoms with Crippen LogP contribution in [0.1, 0.15) is 26.0 Å². The van der Waals surface area contributed by atoms with Gasteiger partial charge in [0.25, 0.3) is 0 Å². The van der Waals surface area contributed by atoms with Crippen molar-refractivity contribution in [3.05, 3.63) is 29.7 Å². The Hall–Kier alpha value is -1.31. The van der Waals surface area contributed by atoms with Crippen molar-refractivity contribution in [2.75, 3.05) is 0 Å². The minimum Gasteiger partial charge on any atom is -0.464 e. The average Bonchev–Trinajstić information content (AvgIpc) is 2.58. The third-order valence-electron chi connectivity index (χ3n) is 1.89. The smallest absolute Gasteiger partial charge is 0.153 e. The number of allylic oxidation sites excluding steroid dienone is 2. The van der Waals surface area contributed by atoms with Crippen LogP contribution in [0.15, 0.2) is 28.4 Å². The van der Waals surface area contributed by atoms with E-state index in [-0.39, 0.29) is 0 Å². The van der Waals surface area contributed by atoms with Gasteiger partial charge in [0.15, 0.2) is 6.29 Å². The molecule has 2 nitrogen and oxygen atoms in total. The number of aldehydes is 1. The number of hydrogen-bond donors (Lipinski definition) is 0. The molecule has 0 atom stereocenters. The van der Waals surface area contributed by atoms with E-state index in [1.54, 1.807) is 18.4 Å². The Kier molecular flexibility index (Phi) is 2.86. The first-order valence-corrected chi connectivity index (χ1v) is 3.98. The zero-order valence-corrected chi connectivity index (χ0v) is 7.33. The highest BCUT2D eigenvalue weighted by atomic mass is 16.3. The monoisotopic (exact) mass is 164 g/mol. The largest absolute Gasteiger partial charge is 0.464 e. The Morgan fingerprint density at radius 2 is 2.42 bits per heavy atom. The Labute approximate surface area is 71.9 Å². The summed E-state index contributed by atoms with van der Waals surface area (Å²) >= 11 is 0. The summed E-state index contributed by atoms with van der Waals surface area (Å²) in [7, 11) is 0. The van der Waals surface area contributed by atoms with Crippen LogP contribution in [-0.4, -0.2) is 6.29 Å². The summed E-state index contributed by atoms with van der Waals surface area (Å²) in [5.41, 5.74) is 1.72. The fourth-order valence-corrected chi connectivity index (χ4v) is 0.991. The first kappa shape index (κ1) is 8.78. The van der Waals surface area contributed by atoms with Crippen LogP contribution < -0.4 is 0 Å². The minimum absolute atomic E-state index is 0.657. The van der Waals surface area contributed by atoms with Gasteiger partial charge in [-0.3, -0.25) is 4.79 Å². The van der Waals surface area contributed by atoms with E-state index < -0.39 is 0 Å². The zero-order valence-electron chi connectivity index (χ0n) is 7.33. The van der Waals surface area contributed by atoms with Crippen molar-refractivity contribution >= 4 is 11.9 Å². The maximum absolute atomic E-state index is 10.7. The molecule has 0 saturated heterocycles. The van der Waals surface area contributed by atoms with Gasteiger partial charge in [0.1, 0.15) is 5.76 Å². The standard InChI is InChI=1S/C10H12O2/c1-3-8(2)9(7-11)10-5-4-6-12-10/h4-7H,3H2,1-2H3. The molecule has 0 saturated carbocycles. The molecule has 1 rings (SSSR count). The van der Waals surface area contributed by atoms with Gasteiger partial charge in [-0.15, -0.1) is 0 Å². The lowest BCUT2D eigenvalue weighted by molar-refractivity contribution is -0.103. The van der Waals surface area contributed by atoms with Gasteiger partial charge in [-0.25, -0.2) is 0 Å². The molecule has 0 spiro atoms. The summed E-state index contributed by atoms with van der Waals surface area (Å²) < 4.78 is 5.12. The van der Waals surface area contributed by atoms with Gasteiger partial charge < -0.3 is 4.42 Å². The van der Waals surface area contributed by atoms with E-state index in [0.29, 0.717) is 11.3 Å². The molecule has 0 aromatic carbocycles. The van der Waals surface area contributed by atoms with Crippen molar-refractivity contribution in [3.8, 4) is 0 Å². The van der Waals surface area contributed by atoms with Gasteiger partial charge in [-0.1, -0.05) is 12.5 Å². The lowest BCUT2D eigenvalue weighted by Gasteiger charge is -1.99. The van der Waals surface area contributed by atoms with Crippen LogP contribution in [0.2, 0.25) is 0 Å². The summed E-state index contributed by atoms with van der Waals surface area (Å²) in [6.07, 6.45) is 3.29. The quantitative estimate of drug-likeness (QED) is 0.507. The maximum Gasteiger partial charge on any atom is 0.153 e. The highest BCUT2D eigenvalue weighted by Gasteiger charge is 2.05. The van der Waals surface area contributed by atoms with Crippen LogP contribution in [0.5, 0.6) is 0 Å². The Balaban J connectivity index is 3.06. The highest BCUT2D eigenvalue weighted by Crippen LogP contribution is 2.18. The van der Waals surface area contributed by atoms with Crippen LogP contribution in [0.4, 0.5) is 0 Å². The summed E-state index contributed by atoms with van der Waals surface area (Å²) in [6.45, 7) is 3.95. The van der Waals surface area contributed by atoms with Crippen molar-refractivity contribution in [1.82, 2.24) is 0 Å². The van der Waals surface area contributed by atoms with Gasteiger partial charge in [-0.05, 0) is 25.5 Å². The number of hydrogen-bond acceptors (Lipinski definition) is 2. The van der Waals surface area contributed by atoms with Crippen LogP contribution in [0.25, 0.3) is 5.57 Å². The molecule has 0 bridgehead atoms. The van der Waals surface area contributed by atoms with E-state index >= 15 is 0 Å². The SMILES string of the molecule is CCC(C)=C(C=O)c1ccco1. The summed E-state index contributed by atoms with van der Waals surface area (Å²) in [6, 6.07) is 3.57. The van der Waals surface area contributed by atoms with Gasteiger partial charge >= 0.3 is 0 Å². The molecule has 1 aromatic heterocycles. The summed E-state index contributed by atoms with van der Waals surface area (Å²) in [5.74, 6) is 0.657. The van der Waals surface area contributed by atoms with Crippen molar-refractivity contribution in [3.63, 3.8) is 0 Å². The van der Waals surface area contributed by atoms with Crippen LogP contribution >= 0.6 is 0 Å².